The number of nitrogens with zero attached hydrogens (tertiary/aromatic N) is 3. The molecule has 0 unspecified atom stereocenters. The van der Waals surface area contributed by atoms with E-state index in [0.29, 0.717) is 0 Å². The number of rotatable bonds is 4. The molecule has 0 saturated heterocycles. The fourth-order valence-corrected chi connectivity index (χ4v) is 9.37. The van der Waals surface area contributed by atoms with Crippen molar-refractivity contribution in [3.63, 3.8) is 0 Å². The van der Waals surface area contributed by atoms with Crippen LogP contribution < -0.4 is 4.90 Å². The number of hydrogen-bond donors (Lipinski definition) is 0. The molecular weight excluding hydrogens is 627 g/mol. The Morgan fingerprint density at radius 2 is 0.980 bits per heavy atom. The summed E-state index contributed by atoms with van der Waals surface area (Å²) in [5.41, 5.74) is 14.3. The van der Waals surface area contributed by atoms with E-state index >= 15 is 0 Å². The van der Waals surface area contributed by atoms with Gasteiger partial charge in [-0.2, -0.15) is 0 Å². The Bertz CT molecular complexity index is 2610. The van der Waals surface area contributed by atoms with E-state index in [1.807, 2.05) is 11.3 Å². The van der Waals surface area contributed by atoms with Crippen molar-refractivity contribution in [3.05, 3.63) is 162 Å². The number of thiophene rings is 1. The average molecular weight is 662 g/mol. The summed E-state index contributed by atoms with van der Waals surface area (Å²) in [5, 5.41) is 2.65. The third-order valence-electron chi connectivity index (χ3n) is 11.0. The minimum atomic E-state index is -0.312. The van der Waals surface area contributed by atoms with E-state index < -0.39 is 0 Å². The first-order valence-electron chi connectivity index (χ1n) is 17.3. The van der Waals surface area contributed by atoms with Crippen LogP contribution in [0.2, 0.25) is 0 Å². The lowest BCUT2D eigenvalue weighted by atomic mass is 9.83. The van der Waals surface area contributed by atoms with E-state index in [1.54, 1.807) is 0 Å². The third kappa shape index (κ3) is 4.15. The number of hydrogen-bond acceptors (Lipinski definition) is 4. The third-order valence-corrected chi connectivity index (χ3v) is 12.1. The van der Waals surface area contributed by atoms with Gasteiger partial charge in [0.15, 0.2) is 0 Å². The molecule has 240 valence electrons. The van der Waals surface area contributed by atoms with Crippen LogP contribution in [0.3, 0.4) is 0 Å². The first-order chi connectivity index (χ1) is 24.3. The van der Waals surface area contributed by atoms with Crippen LogP contribution in [0.1, 0.15) is 50.2 Å². The molecule has 0 amide bonds. The maximum atomic E-state index is 5.52. The van der Waals surface area contributed by atoms with Crippen LogP contribution >= 0.6 is 11.3 Å². The van der Waals surface area contributed by atoms with Gasteiger partial charge in [-0.05, 0) is 82.9 Å². The number of anilines is 3. The van der Waals surface area contributed by atoms with Crippen molar-refractivity contribution in [1.29, 1.82) is 0 Å². The van der Waals surface area contributed by atoms with Gasteiger partial charge in [0.2, 0.25) is 0 Å². The molecule has 2 aliphatic rings. The molecule has 2 aromatic heterocycles. The lowest BCUT2D eigenvalue weighted by Crippen LogP contribution is -2.20. The van der Waals surface area contributed by atoms with Crippen molar-refractivity contribution in [1.82, 2.24) is 9.97 Å². The molecule has 3 nitrogen and oxygen atoms in total. The van der Waals surface area contributed by atoms with Crippen LogP contribution in [0.25, 0.3) is 53.8 Å². The fraction of sp³-hybridized carbons (Fsp3) is 0.130. The second kappa shape index (κ2) is 10.5. The highest BCUT2D eigenvalue weighted by atomic mass is 32.1. The van der Waals surface area contributed by atoms with E-state index in [0.717, 1.165) is 39.8 Å². The van der Waals surface area contributed by atoms with Crippen LogP contribution in [0.5, 0.6) is 0 Å². The minimum Gasteiger partial charge on any atom is -0.310 e. The summed E-state index contributed by atoms with van der Waals surface area (Å²) in [5.74, 6) is 0. The SMILES string of the molecule is CC1(C)c2cc(-c3ccc4sc5ccccc5c4c3)ccc2-c2nc3c(nc21)-c1ccc(N(c2ccccc2)c2ccccc2)cc1C3(C)C. The molecule has 6 aromatic carbocycles. The molecule has 0 spiro atoms. The highest BCUT2D eigenvalue weighted by molar-refractivity contribution is 7.25. The topological polar surface area (TPSA) is 29.0 Å². The van der Waals surface area contributed by atoms with Crippen molar-refractivity contribution >= 4 is 48.6 Å². The molecule has 0 atom stereocenters. The minimum absolute atomic E-state index is 0.286. The molecule has 0 radical (unpaired) electrons. The van der Waals surface area contributed by atoms with Crippen LogP contribution in [0.15, 0.2) is 140 Å². The van der Waals surface area contributed by atoms with E-state index in [1.165, 1.54) is 53.6 Å². The Labute approximate surface area is 296 Å². The van der Waals surface area contributed by atoms with Gasteiger partial charge >= 0.3 is 0 Å². The standard InChI is InChI=1S/C46H35N3S/c1-45(2)37-26-29(28-20-24-40-36(25-28)33-17-11-12-18-39(33)50-40)19-22-34(37)41-43(45)48-42-35-23-21-32(27-38(35)46(3,4)44(42)47-41)49(30-13-7-5-8-14-30)31-15-9-6-10-16-31/h5-27H,1-4H3. The van der Waals surface area contributed by atoms with Gasteiger partial charge in [0.1, 0.15) is 0 Å². The molecular formula is C46H35N3S. The van der Waals surface area contributed by atoms with E-state index in [-0.39, 0.29) is 10.8 Å². The van der Waals surface area contributed by atoms with Gasteiger partial charge in [-0.15, -0.1) is 11.3 Å². The Hall–Kier alpha value is -5.58. The summed E-state index contributed by atoms with van der Waals surface area (Å²) in [6, 6.07) is 50.6. The first kappa shape index (κ1) is 29.3. The van der Waals surface area contributed by atoms with Crippen LogP contribution in [-0.4, -0.2) is 9.97 Å². The van der Waals surface area contributed by atoms with Gasteiger partial charge < -0.3 is 4.90 Å². The van der Waals surface area contributed by atoms with E-state index in [9.17, 15) is 0 Å². The summed E-state index contributed by atoms with van der Waals surface area (Å²) < 4.78 is 2.66. The number of fused-ring (bicyclic) bond motifs is 9. The number of aromatic nitrogens is 2. The maximum Gasteiger partial charge on any atom is 0.0933 e. The fourth-order valence-electron chi connectivity index (χ4n) is 8.29. The van der Waals surface area contributed by atoms with Crippen molar-refractivity contribution < 1.29 is 0 Å². The van der Waals surface area contributed by atoms with Crippen molar-refractivity contribution in [2.24, 2.45) is 0 Å². The molecule has 4 heteroatoms. The summed E-state index contributed by atoms with van der Waals surface area (Å²) in [6.07, 6.45) is 0. The summed E-state index contributed by atoms with van der Waals surface area (Å²) in [7, 11) is 0. The van der Waals surface area contributed by atoms with Crippen molar-refractivity contribution in [2.45, 2.75) is 38.5 Å². The Morgan fingerprint density at radius 1 is 0.460 bits per heavy atom. The van der Waals surface area contributed by atoms with Crippen LogP contribution in [0, 0.1) is 0 Å². The monoisotopic (exact) mass is 661 g/mol. The van der Waals surface area contributed by atoms with Gasteiger partial charge in [0.05, 0.1) is 22.8 Å². The lowest BCUT2D eigenvalue weighted by Gasteiger charge is -2.27. The molecule has 50 heavy (non-hydrogen) atoms. The molecule has 8 aromatic rings. The first-order valence-corrected chi connectivity index (χ1v) is 18.2. The second-order valence-electron chi connectivity index (χ2n) is 14.7. The van der Waals surface area contributed by atoms with Crippen LogP contribution in [-0.2, 0) is 10.8 Å². The molecule has 2 heterocycles. The molecule has 0 N–H and O–H groups in total. The van der Waals surface area contributed by atoms with Gasteiger partial charge in [-0.25, -0.2) is 9.97 Å². The Morgan fingerprint density at radius 3 is 1.64 bits per heavy atom. The summed E-state index contributed by atoms with van der Waals surface area (Å²) >= 11 is 1.86. The second-order valence-corrected chi connectivity index (χ2v) is 15.8. The average Bonchev–Trinajstić information content (AvgIpc) is 3.71. The Kier molecular flexibility index (Phi) is 6.14. The molecule has 0 aliphatic heterocycles. The predicted molar refractivity (Wildman–Crippen MR) is 210 cm³/mol. The van der Waals surface area contributed by atoms with Gasteiger partial charge in [0, 0.05) is 59.2 Å². The highest BCUT2D eigenvalue weighted by Gasteiger charge is 2.44. The molecule has 2 aliphatic carbocycles. The zero-order valence-electron chi connectivity index (χ0n) is 28.5. The molecule has 0 fully saturated rings. The zero-order valence-corrected chi connectivity index (χ0v) is 29.3. The molecule has 10 rings (SSSR count). The smallest absolute Gasteiger partial charge is 0.0933 e. The quantitative estimate of drug-likeness (QED) is 0.188. The van der Waals surface area contributed by atoms with Crippen molar-refractivity contribution in [2.75, 3.05) is 4.90 Å². The Balaban J connectivity index is 1.07. The summed E-state index contributed by atoms with van der Waals surface area (Å²) in [4.78, 5) is 13.4. The van der Waals surface area contributed by atoms with Crippen molar-refractivity contribution in [3.8, 4) is 33.6 Å². The lowest BCUT2D eigenvalue weighted by molar-refractivity contribution is 0.617. The highest BCUT2D eigenvalue weighted by Crippen LogP contribution is 2.54. The van der Waals surface area contributed by atoms with E-state index in [4.69, 9.17) is 9.97 Å². The van der Waals surface area contributed by atoms with Gasteiger partial charge in [0.25, 0.3) is 0 Å². The zero-order chi connectivity index (χ0) is 33.8. The number of benzene rings is 6. The predicted octanol–water partition coefficient (Wildman–Crippen LogP) is 12.6. The van der Waals surface area contributed by atoms with Gasteiger partial charge in [-0.1, -0.05) is 107 Å². The van der Waals surface area contributed by atoms with Crippen LogP contribution in [0.4, 0.5) is 17.1 Å². The largest absolute Gasteiger partial charge is 0.310 e. The normalized spacial score (nSPS) is 14.7. The molecule has 0 bridgehead atoms. The van der Waals surface area contributed by atoms with E-state index in [2.05, 4.69) is 172 Å². The van der Waals surface area contributed by atoms with Gasteiger partial charge in [-0.3, -0.25) is 0 Å². The summed E-state index contributed by atoms with van der Waals surface area (Å²) in [6.45, 7) is 9.21. The number of para-hydroxylation sites is 2. The molecule has 0 saturated carbocycles. The maximum absolute atomic E-state index is 5.52.